The molecule has 294 valence electrons. The number of benzene rings is 10. The Morgan fingerprint density at radius 1 is 0.190 bits per heavy atom. The lowest BCUT2D eigenvalue weighted by atomic mass is 10.0. The van der Waals surface area contributed by atoms with Crippen LogP contribution >= 0.6 is 0 Å². The summed E-state index contributed by atoms with van der Waals surface area (Å²) in [5.74, 6) is 0. The molecule has 0 aliphatic rings. The normalized spacial score (nSPS) is 11.8. The van der Waals surface area contributed by atoms with Crippen LogP contribution in [0.25, 0.3) is 116 Å². The summed E-state index contributed by atoms with van der Waals surface area (Å²) in [5.41, 5.74) is 17.7. The van der Waals surface area contributed by atoms with E-state index in [1.165, 1.54) is 98.8 Å². The molecule has 3 aromatic heterocycles. The van der Waals surface area contributed by atoms with Crippen molar-refractivity contribution in [3.63, 3.8) is 0 Å². The van der Waals surface area contributed by atoms with E-state index in [0.29, 0.717) is 0 Å². The fourth-order valence-corrected chi connectivity index (χ4v) is 10.2. The largest absolute Gasteiger partial charge is 0.309 e. The van der Waals surface area contributed by atoms with E-state index in [9.17, 15) is 0 Å². The van der Waals surface area contributed by atoms with Crippen molar-refractivity contribution in [2.45, 2.75) is 0 Å². The Labute approximate surface area is 364 Å². The van der Waals surface area contributed by atoms with Crippen LogP contribution in [-0.2, 0) is 0 Å². The molecule has 0 saturated carbocycles. The van der Waals surface area contributed by atoms with Gasteiger partial charge in [0.1, 0.15) is 0 Å². The summed E-state index contributed by atoms with van der Waals surface area (Å²) in [6.45, 7) is 0. The Morgan fingerprint density at radius 3 is 1.10 bits per heavy atom. The predicted octanol–water partition coefficient (Wildman–Crippen LogP) is 16.0. The van der Waals surface area contributed by atoms with Crippen molar-refractivity contribution < 1.29 is 0 Å². The molecule has 0 bridgehead atoms. The van der Waals surface area contributed by atoms with Crippen LogP contribution in [0.3, 0.4) is 0 Å². The lowest BCUT2D eigenvalue weighted by molar-refractivity contribution is 1.15. The van der Waals surface area contributed by atoms with Gasteiger partial charge in [0.05, 0.1) is 33.1 Å². The molecule has 0 aliphatic heterocycles. The summed E-state index contributed by atoms with van der Waals surface area (Å²) in [6.07, 6.45) is 0. The molecule has 0 spiro atoms. The molecule has 0 atom stereocenters. The molecule has 0 fully saturated rings. The standard InChI is InChI=1S/C60H39N3/c1-4-16-40(17-5-1)42-20-14-24-47(36-42)62-56-29-13-11-27-50(56)53-34-35-54-52-33-31-45(39-58(52)63(60(54)59(53)62)48-25-15-21-43(37-48)41-18-6-2-7-19-41)44-30-32-51-49-26-10-12-28-55(49)61(57(51)38-44)46-22-8-3-9-23-46/h1-39H. The van der Waals surface area contributed by atoms with E-state index >= 15 is 0 Å². The molecule has 0 unspecified atom stereocenters. The minimum absolute atomic E-state index is 1.12. The van der Waals surface area contributed by atoms with Crippen molar-refractivity contribution in [1.29, 1.82) is 0 Å². The first-order chi connectivity index (χ1) is 31.3. The van der Waals surface area contributed by atoms with Crippen molar-refractivity contribution in [2.75, 3.05) is 0 Å². The van der Waals surface area contributed by atoms with Gasteiger partial charge in [-0.3, -0.25) is 0 Å². The van der Waals surface area contributed by atoms with E-state index in [4.69, 9.17) is 0 Å². The Kier molecular flexibility index (Phi) is 7.91. The van der Waals surface area contributed by atoms with Gasteiger partial charge in [-0.15, -0.1) is 0 Å². The third-order valence-electron chi connectivity index (χ3n) is 13.0. The molecule has 0 aliphatic carbocycles. The zero-order valence-corrected chi connectivity index (χ0v) is 34.4. The predicted molar refractivity (Wildman–Crippen MR) is 266 cm³/mol. The van der Waals surface area contributed by atoms with Gasteiger partial charge in [-0.2, -0.15) is 0 Å². The number of hydrogen-bond donors (Lipinski definition) is 0. The molecule has 10 aromatic carbocycles. The summed E-state index contributed by atoms with van der Waals surface area (Å²) < 4.78 is 7.42. The third-order valence-corrected chi connectivity index (χ3v) is 13.0. The second-order valence-electron chi connectivity index (χ2n) is 16.5. The Morgan fingerprint density at radius 2 is 0.540 bits per heavy atom. The van der Waals surface area contributed by atoms with Crippen LogP contribution in [0.15, 0.2) is 237 Å². The third kappa shape index (κ3) is 5.53. The highest BCUT2D eigenvalue weighted by molar-refractivity contribution is 6.24. The van der Waals surface area contributed by atoms with E-state index < -0.39 is 0 Å². The maximum absolute atomic E-state index is 2.53. The Hall–Kier alpha value is -8.40. The van der Waals surface area contributed by atoms with Gasteiger partial charge in [-0.25, -0.2) is 0 Å². The minimum atomic E-state index is 1.12. The number of aromatic nitrogens is 3. The lowest BCUT2D eigenvalue weighted by Crippen LogP contribution is -1.99. The summed E-state index contributed by atoms with van der Waals surface area (Å²) in [4.78, 5) is 0. The first-order valence-electron chi connectivity index (χ1n) is 21.7. The molecule has 3 heteroatoms. The van der Waals surface area contributed by atoms with Gasteiger partial charge in [-0.1, -0.05) is 176 Å². The molecule has 0 radical (unpaired) electrons. The van der Waals surface area contributed by atoms with E-state index in [2.05, 4.69) is 250 Å². The van der Waals surface area contributed by atoms with Gasteiger partial charge in [0, 0.05) is 49.4 Å². The van der Waals surface area contributed by atoms with Crippen molar-refractivity contribution in [3.8, 4) is 50.4 Å². The highest BCUT2D eigenvalue weighted by atomic mass is 15.0. The number of hydrogen-bond acceptors (Lipinski definition) is 0. The molecule has 13 aromatic rings. The fourth-order valence-electron chi connectivity index (χ4n) is 10.2. The summed E-state index contributed by atoms with van der Waals surface area (Å²) >= 11 is 0. The van der Waals surface area contributed by atoms with Crippen molar-refractivity contribution in [1.82, 2.24) is 13.7 Å². The molecule has 3 heterocycles. The van der Waals surface area contributed by atoms with E-state index in [1.807, 2.05) is 0 Å². The molecule has 0 N–H and O–H groups in total. The van der Waals surface area contributed by atoms with Crippen LogP contribution in [0.4, 0.5) is 0 Å². The van der Waals surface area contributed by atoms with Crippen molar-refractivity contribution >= 4 is 65.4 Å². The minimum Gasteiger partial charge on any atom is -0.309 e. The molecular weight excluding hydrogens is 763 g/mol. The number of fused-ring (bicyclic) bond motifs is 10. The Balaban J connectivity index is 1.12. The van der Waals surface area contributed by atoms with Gasteiger partial charge in [0.15, 0.2) is 0 Å². The van der Waals surface area contributed by atoms with Crippen LogP contribution in [0.1, 0.15) is 0 Å². The topological polar surface area (TPSA) is 14.8 Å². The van der Waals surface area contributed by atoms with Crippen molar-refractivity contribution in [2.24, 2.45) is 0 Å². The van der Waals surface area contributed by atoms with Gasteiger partial charge in [0.25, 0.3) is 0 Å². The molecule has 63 heavy (non-hydrogen) atoms. The van der Waals surface area contributed by atoms with Gasteiger partial charge in [-0.05, 0) is 94.0 Å². The van der Waals surface area contributed by atoms with Gasteiger partial charge < -0.3 is 13.7 Å². The highest BCUT2D eigenvalue weighted by Gasteiger charge is 2.23. The SMILES string of the molecule is c1ccc(-c2cccc(-n3c4ccccc4c4ccc5c6ccc(-c7ccc8c9ccccc9n(-c9ccccc9)c8c7)cc6n(-c6cccc(-c7ccccc7)c6)c5c43)c2)cc1. The van der Waals surface area contributed by atoms with E-state index in [-0.39, 0.29) is 0 Å². The van der Waals surface area contributed by atoms with Crippen LogP contribution in [0.2, 0.25) is 0 Å². The van der Waals surface area contributed by atoms with E-state index in [1.54, 1.807) is 0 Å². The summed E-state index contributed by atoms with van der Waals surface area (Å²) in [5, 5.41) is 7.40. The number of rotatable bonds is 6. The maximum Gasteiger partial charge on any atom is 0.0788 e. The quantitative estimate of drug-likeness (QED) is 0.159. The first-order valence-corrected chi connectivity index (χ1v) is 21.7. The molecule has 0 saturated heterocycles. The second kappa shape index (κ2) is 14.1. The summed E-state index contributed by atoms with van der Waals surface area (Å²) in [6, 6.07) is 86.5. The van der Waals surface area contributed by atoms with Crippen LogP contribution in [0.5, 0.6) is 0 Å². The van der Waals surface area contributed by atoms with Crippen LogP contribution < -0.4 is 0 Å². The summed E-state index contributed by atoms with van der Waals surface area (Å²) in [7, 11) is 0. The van der Waals surface area contributed by atoms with Crippen molar-refractivity contribution in [3.05, 3.63) is 237 Å². The zero-order valence-electron chi connectivity index (χ0n) is 34.4. The number of nitrogens with zero attached hydrogens (tertiary/aromatic N) is 3. The van der Waals surface area contributed by atoms with Crippen LogP contribution in [-0.4, -0.2) is 13.7 Å². The number of para-hydroxylation sites is 3. The smallest absolute Gasteiger partial charge is 0.0788 e. The average molecular weight is 802 g/mol. The lowest BCUT2D eigenvalue weighted by Gasteiger charge is -2.14. The van der Waals surface area contributed by atoms with Gasteiger partial charge in [0.2, 0.25) is 0 Å². The van der Waals surface area contributed by atoms with Gasteiger partial charge >= 0.3 is 0 Å². The fraction of sp³-hybridized carbons (Fsp3) is 0. The molecular formula is C60H39N3. The average Bonchev–Trinajstić information content (AvgIpc) is 4.00. The maximum atomic E-state index is 2.53. The first kappa shape index (κ1) is 35.4. The van der Waals surface area contributed by atoms with E-state index in [0.717, 1.165) is 17.1 Å². The zero-order chi connectivity index (χ0) is 41.4. The Bertz CT molecular complexity index is 3890. The molecule has 13 rings (SSSR count). The molecule has 0 amide bonds. The van der Waals surface area contributed by atoms with Crippen LogP contribution in [0, 0.1) is 0 Å². The monoisotopic (exact) mass is 801 g/mol. The molecule has 3 nitrogen and oxygen atoms in total. The second-order valence-corrected chi connectivity index (χ2v) is 16.5. The highest BCUT2D eigenvalue weighted by Crippen LogP contribution is 2.44.